The van der Waals surface area contributed by atoms with Crippen molar-refractivity contribution in [1.29, 1.82) is 0 Å². The van der Waals surface area contributed by atoms with Crippen LogP contribution in [0.15, 0.2) is 22.5 Å². The van der Waals surface area contributed by atoms with Gasteiger partial charge in [-0.25, -0.2) is 9.59 Å². The molecule has 3 heterocycles. The van der Waals surface area contributed by atoms with Gasteiger partial charge in [-0.2, -0.15) is 11.8 Å². The van der Waals surface area contributed by atoms with E-state index in [-0.39, 0.29) is 65.7 Å². The monoisotopic (exact) mass is 565 g/mol. The molecule has 3 amide bonds. The Labute approximate surface area is 228 Å². The molecule has 2 saturated heterocycles. The van der Waals surface area contributed by atoms with E-state index in [1.807, 2.05) is 0 Å². The number of carbonyl (C=O) groups is 6. The van der Waals surface area contributed by atoms with Gasteiger partial charge in [0.05, 0.1) is 30.5 Å². The van der Waals surface area contributed by atoms with Gasteiger partial charge in [0.1, 0.15) is 18.7 Å². The summed E-state index contributed by atoms with van der Waals surface area (Å²) in [7, 11) is 2.64. The summed E-state index contributed by atoms with van der Waals surface area (Å²) in [6, 6.07) is -1.64. The van der Waals surface area contributed by atoms with Gasteiger partial charge in [-0.3, -0.25) is 19.2 Å². The largest absolute Gasteiger partial charge is 0.467 e. The number of nitrogens with zero attached hydrogens (tertiary/aromatic N) is 2. The summed E-state index contributed by atoms with van der Waals surface area (Å²) in [6.45, 7) is 2.66. The molecule has 39 heavy (non-hydrogen) atoms. The van der Waals surface area contributed by atoms with Crippen molar-refractivity contribution in [3.63, 3.8) is 0 Å². The maximum absolute atomic E-state index is 13.2. The molecule has 4 aliphatic rings. The lowest BCUT2D eigenvalue weighted by Crippen LogP contribution is -2.56. The molecule has 5 N–H and O–H groups in total. The van der Waals surface area contributed by atoms with Crippen LogP contribution in [0.3, 0.4) is 0 Å². The van der Waals surface area contributed by atoms with Crippen molar-refractivity contribution < 1.29 is 43.0 Å². The van der Waals surface area contributed by atoms with Crippen LogP contribution in [0.1, 0.15) is 20.3 Å². The van der Waals surface area contributed by atoms with E-state index in [1.165, 1.54) is 39.8 Å². The second-order valence-electron chi connectivity index (χ2n) is 9.62. The molecule has 2 fully saturated rings. The molecule has 3 aliphatic heterocycles. The Balaban J connectivity index is 1.49. The van der Waals surface area contributed by atoms with Gasteiger partial charge in [0.15, 0.2) is 5.72 Å². The van der Waals surface area contributed by atoms with E-state index >= 15 is 0 Å². The molecule has 212 valence electrons. The summed E-state index contributed by atoms with van der Waals surface area (Å²) >= 11 is 1.31. The summed E-state index contributed by atoms with van der Waals surface area (Å²) in [5, 5.41) is 2.52. The number of primary amides is 1. The second-order valence-corrected chi connectivity index (χ2v) is 10.8. The molecule has 4 rings (SSSR count). The van der Waals surface area contributed by atoms with E-state index in [2.05, 4.69) is 5.32 Å². The zero-order valence-corrected chi connectivity index (χ0v) is 22.8. The third-order valence-corrected chi connectivity index (χ3v) is 8.65. The lowest BCUT2D eigenvalue weighted by Gasteiger charge is -2.41. The fourth-order valence-corrected chi connectivity index (χ4v) is 6.80. The molecule has 1 aliphatic carbocycles. The summed E-state index contributed by atoms with van der Waals surface area (Å²) in [5.74, 6) is -2.42. The molecule has 0 radical (unpaired) electrons. The third-order valence-electron chi connectivity index (χ3n) is 7.58. The lowest BCUT2D eigenvalue weighted by molar-refractivity contribution is -0.153. The quantitative estimate of drug-likeness (QED) is 0.119. The number of allylic oxidation sites excluding steroid dienone is 2. The highest BCUT2D eigenvalue weighted by Crippen LogP contribution is 2.59. The highest BCUT2D eigenvalue weighted by atomic mass is 32.2. The van der Waals surface area contributed by atoms with Gasteiger partial charge in [0.25, 0.3) is 0 Å². The number of carbonyl (C=O) groups excluding carboxylic acids is 6. The summed E-state index contributed by atoms with van der Waals surface area (Å²) in [5.41, 5.74) is 9.99. The number of amides is 3. The molecule has 0 aromatic heterocycles. The van der Waals surface area contributed by atoms with Crippen molar-refractivity contribution in [2.24, 2.45) is 17.4 Å². The van der Waals surface area contributed by atoms with E-state index in [0.29, 0.717) is 5.75 Å². The Hall–Kier alpha value is -3.59. The van der Waals surface area contributed by atoms with E-state index in [9.17, 15) is 28.8 Å². The molecule has 0 aromatic carbocycles. The Bertz CT molecular complexity index is 1220. The summed E-state index contributed by atoms with van der Waals surface area (Å²) in [6.07, 6.45) is -0.928. The smallest absolute Gasteiger partial charge is 0.404 e. The number of esters is 1. The van der Waals surface area contributed by atoms with Gasteiger partial charge in [-0.05, 0) is 6.92 Å². The van der Waals surface area contributed by atoms with E-state index in [1.54, 1.807) is 9.80 Å². The van der Waals surface area contributed by atoms with Gasteiger partial charge in [-0.15, -0.1) is 0 Å². The number of hydrogen-bond acceptors (Lipinski definition) is 12. The molecular formula is C24H31N5O9S. The number of nitrogens with two attached hydrogens (primary N) is 2. The minimum absolute atomic E-state index is 0.0892. The molecule has 1 unspecified atom stereocenters. The van der Waals surface area contributed by atoms with Crippen molar-refractivity contribution in [2.75, 3.05) is 38.9 Å². The van der Waals surface area contributed by atoms with Gasteiger partial charge in [-0.1, -0.05) is 0 Å². The molecule has 14 nitrogen and oxygen atoms in total. The minimum Gasteiger partial charge on any atom is -0.467 e. The number of fused-ring (bicyclic) bond motifs is 4. The van der Waals surface area contributed by atoms with Crippen LogP contribution in [0.2, 0.25) is 0 Å². The predicted octanol–water partition coefficient (Wildman–Crippen LogP) is -1.61. The van der Waals surface area contributed by atoms with Crippen molar-refractivity contribution in [1.82, 2.24) is 15.1 Å². The average molecular weight is 566 g/mol. The number of piperazine rings is 1. The highest BCUT2D eigenvalue weighted by molar-refractivity contribution is 7.99. The van der Waals surface area contributed by atoms with Crippen molar-refractivity contribution >= 4 is 47.2 Å². The van der Waals surface area contributed by atoms with Crippen LogP contribution in [0.25, 0.3) is 0 Å². The Morgan fingerprint density at radius 3 is 2.49 bits per heavy atom. The molecule has 0 aromatic rings. The predicted molar refractivity (Wildman–Crippen MR) is 135 cm³/mol. The summed E-state index contributed by atoms with van der Waals surface area (Å²) < 4.78 is 15.8. The van der Waals surface area contributed by atoms with Gasteiger partial charge in [0, 0.05) is 49.7 Å². The number of ether oxygens (including phenoxy) is 3. The molecule has 0 spiro atoms. The number of thioether (sulfide) groups is 1. The first kappa shape index (κ1) is 28.4. The van der Waals surface area contributed by atoms with Crippen molar-refractivity contribution in [3.8, 4) is 0 Å². The molecule has 15 heteroatoms. The summed E-state index contributed by atoms with van der Waals surface area (Å²) in [4.78, 5) is 77.7. The molecule has 0 saturated carbocycles. The molecular weight excluding hydrogens is 534 g/mol. The first-order valence-electron chi connectivity index (χ1n) is 12.2. The highest BCUT2D eigenvalue weighted by Gasteiger charge is 2.77. The van der Waals surface area contributed by atoms with Gasteiger partial charge in [0.2, 0.25) is 23.4 Å². The van der Waals surface area contributed by atoms with Gasteiger partial charge < -0.3 is 40.8 Å². The van der Waals surface area contributed by atoms with Crippen LogP contribution in [-0.4, -0.2) is 108 Å². The third kappa shape index (κ3) is 4.52. The fraction of sp³-hybridized carbons (Fsp3) is 0.583. The number of rotatable bonds is 10. The number of nitrogens with one attached hydrogen (secondary N) is 1. The van der Waals surface area contributed by atoms with Crippen molar-refractivity contribution in [3.05, 3.63) is 22.5 Å². The number of methoxy groups -OCH3 is 2. The number of Topliss-reactive ketones (excluding diaryl/α,β-unsaturated/α-hetero) is 2. The first-order valence-corrected chi connectivity index (χ1v) is 13.4. The number of hydrogen-bond donors (Lipinski definition) is 3. The topological polar surface area (TPSA) is 200 Å². The standard InChI is InChI=1S/C24H31N5O9S/c1-10-17(25)20(33)16-12(8-38-23(26)35)24(37-4)21-14(7-28(24)18(16)19(10)32)29(21)15(31)5-6-39-9-13(22(34)36-3)27-11(2)30/h12-14,21H,5-9,25H2,1-4H3,(H2,26,35)(H,27,30)/t12-,13?,14+,21+,24-,29?/m1/s1. The van der Waals surface area contributed by atoms with E-state index in [4.69, 9.17) is 25.7 Å². The van der Waals surface area contributed by atoms with E-state index < -0.39 is 47.4 Å². The maximum atomic E-state index is 13.2. The second kappa shape index (κ2) is 10.5. The first-order chi connectivity index (χ1) is 18.4. The Morgan fingerprint density at radius 2 is 1.90 bits per heavy atom. The number of ketones is 2. The minimum atomic E-state index is -1.33. The Morgan fingerprint density at radius 1 is 1.21 bits per heavy atom. The van der Waals surface area contributed by atoms with Crippen LogP contribution >= 0.6 is 11.8 Å². The van der Waals surface area contributed by atoms with Crippen LogP contribution in [0, 0.1) is 5.92 Å². The zero-order valence-electron chi connectivity index (χ0n) is 22.0. The molecule has 0 bridgehead atoms. The lowest BCUT2D eigenvalue weighted by atomic mass is 9.82. The van der Waals surface area contributed by atoms with Crippen LogP contribution in [0.4, 0.5) is 4.79 Å². The van der Waals surface area contributed by atoms with Crippen LogP contribution in [0.5, 0.6) is 0 Å². The Kier molecular flexibility index (Phi) is 7.67. The normalized spacial score (nSPS) is 27.6. The molecule has 5 atom stereocenters. The van der Waals surface area contributed by atoms with Crippen LogP contribution < -0.4 is 16.8 Å². The van der Waals surface area contributed by atoms with Crippen LogP contribution in [-0.2, 0) is 38.2 Å². The van der Waals surface area contributed by atoms with Crippen molar-refractivity contribution in [2.45, 2.75) is 44.1 Å². The SMILES string of the molecule is COC(=O)C(CSCCC(=O)N1[C@H]2[C@@H]1CN1C3=C(C(=O)C(N)=C(C)C3=O)[C@@H](COC(N)=O)[C@@]21OC)NC(C)=O. The average Bonchev–Trinajstić information content (AvgIpc) is 3.40. The van der Waals surface area contributed by atoms with Gasteiger partial charge >= 0.3 is 12.1 Å². The zero-order chi connectivity index (χ0) is 28.8. The fourth-order valence-electron chi connectivity index (χ4n) is 5.86. The maximum Gasteiger partial charge on any atom is 0.404 e. The van der Waals surface area contributed by atoms with E-state index in [0.717, 1.165) is 0 Å².